The molecule has 20 heavy (non-hydrogen) atoms. The molecule has 0 saturated heterocycles. The summed E-state index contributed by atoms with van der Waals surface area (Å²) in [6.45, 7) is 5.63. The van der Waals surface area contributed by atoms with Gasteiger partial charge in [-0.05, 0) is 32.9 Å². The first-order chi connectivity index (χ1) is 9.40. The largest absolute Gasteiger partial charge is 0.480 e. The van der Waals surface area contributed by atoms with Gasteiger partial charge in [-0.2, -0.15) is 0 Å². The van der Waals surface area contributed by atoms with E-state index in [1.54, 1.807) is 6.92 Å². The van der Waals surface area contributed by atoms with Crippen LogP contribution in [0.5, 0.6) is 0 Å². The van der Waals surface area contributed by atoms with E-state index in [0.717, 1.165) is 15.9 Å². The highest BCUT2D eigenvalue weighted by atomic mass is 32.2. The van der Waals surface area contributed by atoms with Crippen LogP contribution in [0.4, 0.5) is 0 Å². The molecule has 0 radical (unpaired) electrons. The normalized spacial score (nSPS) is 14.6. The Bertz CT molecular complexity index is 576. The Balaban J connectivity index is 2.10. The van der Waals surface area contributed by atoms with Crippen LogP contribution in [0, 0.1) is 0 Å². The number of thioether (sulfide) groups is 1. The molecular weight excluding hydrogens is 272 g/mol. The van der Waals surface area contributed by atoms with Crippen molar-refractivity contribution >= 4 is 28.6 Å². The number of aromatic amines is 1. The maximum Gasteiger partial charge on any atom is 0.324 e. The summed E-state index contributed by atoms with van der Waals surface area (Å²) in [7, 11) is 0. The van der Waals surface area contributed by atoms with Crippen LogP contribution in [0.3, 0.4) is 0 Å². The number of aliphatic carboxylic acids is 1. The average Bonchev–Trinajstić information content (AvgIpc) is 2.78. The molecule has 1 unspecified atom stereocenters. The van der Waals surface area contributed by atoms with Crippen LogP contribution in [0.2, 0.25) is 0 Å². The van der Waals surface area contributed by atoms with Crippen molar-refractivity contribution in [3.63, 3.8) is 0 Å². The second-order valence-corrected chi connectivity index (χ2v) is 6.46. The van der Waals surface area contributed by atoms with Crippen molar-refractivity contribution in [2.45, 2.75) is 37.4 Å². The fourth-order valence-corrected chi connectivity index (χ4v) is 3.19. The van der Waals surface area contributed by atoms with E-state index in [4.69, 9.17) is 0 Å². The molecule has 3 N–H and O–H groups in total. The SMILES string of the molecule is CC(C)NC(C)(CSc1cc2ccccc2[nH]1)C(=O)O. The van der Waals surface area contributed by atoms with Gasteiger partial charge in [0, 0.05) is 22.7 Å². The predicted octanol–water partition coefficient (Wildman–Crippen LogP) is 3.10. The van der Waals surface area contributed by atoms with E-state index >= 15 is 0 Å². The summed E-state index contributed by atoms with van der Waals surface area (Å²) < 4.78 is 0. The predicted molar refractivity (Wildman–Crippen MR) is 83.3 cm³/mol. The Morgan fingerprint density at radius 1 is 1.45 bits per heavy atom. The summed E-state index contributed by atoms with van der Waals surface area (Å²) in [6.07, 6.45) is 0. The number of carboxylic acids is 1. The quantitative estimate of drug-likeness (QED) is 0.716. The van der Waals surface area contributed by atoms with E-state index in [1.165, 1.54) is 11.8 Å². The van der Waals surface area contributed by atoms with Crippen molar-refractivity contribution in [1.29, 1.82) is 0 Å². The topological polar surface area (TPSA) is 65.1 Å². The Labute approximate surface area is 123 Å². The molecule has 0 aliphatic heterocycles. The number of hydrogen-bond donors (Lipinski definition) is 3. The number of aromatic nitrogens is 1. The standard InChI is InChI=1S/C15H20N2O2S/c1-10(2)17-15(3,14(18)19)9-20-13-8-11-6-4-5-7-12(11)16-13/h4-8,10,16-17H,9H2,1-3H3,(H,18,19). The van der Waals surface area contributed by atoms with Gasteiger partial charge >= 0.3 is 5.97 Å². The summed E-state index contributed by atoms with van der Waals surface area (Å²) in [4.78, 5) is 14.8. The molecule has 0 bridgehead atoms. The van der Waals surface area contributed by atoms with Gasteiger partial charge in [0.05, 0.1) is 5.03 Å². The fraction of sp³-hybridized carbons (Fsp3) is 0.400. The molecule has 1 aromatic carbocycles. The third kappa shape index (κ3) is 3.35. The van der Waals surface area contributed by atoms with Gasteiger partial charge in [0.2, 0.25) is 0 Å². The summed E-state index contributed by atoms with van der Waals surface area (Å²) in [5.74, 6) is -0.359. The minimum absolute atomic E-state index is 0.124. The molecule has 4 nitrogen and oxygen atoms in total. The van der Waals surface area contributed by atoms with Crippen molar-refractivity contribution in [3.05, 3.63) is 30.3 Å². The molecular formula is C15H20N2O2S. The first-order valence-corrected chi connectivity index (χ1v) is 7.61. The number of carboxylic acid groups (broad SMARTS) is 1. The van der Waals surface area contributed by atoms with Crippen LogP contribution in [-0.2, 0) is 4.79 Å². The molecule has 108 valence electrons. The number of para-hydroxylation sites is 1. The lowest BCUT2D eigenvalue weighted by Gasteiger charge is -2.28. The molecule has 0 aliphatic carbocycles. The summed E-state index contributed by atoms with van der Waals surface area (Å²) in [6, 6.07) is 10.2. The monoisotopic (exact) mass is 292 g/mol. The molecule has 5 heteroatoms. The number of rotatable bonds is 6. The molecule has 1 heterocycles. The summed E-state index contributed by atoms with van der Waals surface area (Å²) in [5.41, 5.74) is 0.139. The van der Waals surface area contributed by atoms with E-state index in [-0.39, 0.29) is 6.04 Å². The zero-order chi connectivity index (χ0) is 14.8. The van der Waals surface area contributed by atoms with Crippen LogP contribution in [0.25, 0.3) is 10.9 Å². The van der Waals surface area contributed by atoms with Crippen molar-refractivity contribution in [2.24, 2.45) is 0 Å². The molecule has 2 aromatic rings. The van der Waals surface area contributed by atoms with Gasteiger partial charge in [-0.25, -0.2) is 0 Å². The van der Waals surface area contributed by atoms with Crippen molar-refractivity contribution in [2.75, 3.05) is 5.75 Å². The van der Waals surface area contributed by atoms with E-state index in [0.29, 0.717) is 5.75 Å². The molecule has 0 spiro atoms. The van der Waals surface area contributed by atoms with Crippen molar-refractivity contribution in [3.8, 4) is 0 Å². The van der Waals surface area contributed by atoms with Gasteiger partial charge in [0.25, 0.3) is 0 Å². The first-order valence-electron chi connectivity index (χ1n) is 6.62. The van der Waals surface area contributed by atoms with Gasteiger partial charge in [-0.1, -0.05) is 18.2 Å². The summed E-state index contributed by atoms with van der Waals surface area (Å²) >= 11 is 1.52. The number of hydrogen-bond acceptors (Lipinski definition) is 3. The molecule has 0 amide bonds. The van der Waals surface area contributed by atoms with Gasteiger partial charge < -0.3 is 10.1 Å². The molecule has 0 fully saturated rings. The van der Waals surface area contributed by atoms with Crippen molar-refractivity contribution in [1.82, 2.24) is 10.3 Å². The summed E-state index contributed by atoms with van der Waals surface area (Å²) in [5, 5.41) is 14.7. The number of nitrogens with one attached hydrogen (secondary N) is 2. The molecule has 1 atom stereocenters. The molecule has 1 aromatic heterocycles. The van der Waals surface area contributed by atoms with Crippen LogP contribution in [-0.4, -0.2) is 33.4 Å². The van der Waals surface area contributed by atoms with E-state index in [1.807, 2.05) is 38.1 Å². The zero-order valence-electron chi connectivity index (χ0n) is 11.9. The Kier molecular flexibility index (Phi) is 4.40. The highest BCUT2D eigenvalue weighted by Crippen LogP contribution is 2.26. The minimum Gasteiger partial charge on any atom is -0.480 e. The van der Waals surface area contributed by atoms with Gasteiger partial charge in [-0.3, -0.25) is 10.1 Å². The number of benzene rings is 1. The minimum atomic E-state index is -0.934. The van der Waals surface area contributed by atoms with Crippen LogP contribution < -0.4 is 5.32 Å². The van der Waals surface area contributed by atoms with E-state index < -0.39 is 11.5 Å². The number of fused-ring (bicyclic) bond motifs is 1. The Morgan fingerprint density at radius 2 is 2.15 bits per heavy atom. The van der Waals surface area contributed by atoms with Gasteiger partial charge in [0.15, 0.2) is 0 Å². The van der Waals surface area contributed by atoms with E-state index in [2.05, 4.69) is 16.4 Å². The maximum atomic E-state index is 11.5. The smallest absolute Gasteiger partial charge is 0.324 e. The molecule has 0 saturated carbocycles. The lowest BCUT2D eigenvalue weighted by molar-refractivity contribution is -0.143. The Morgan fingerprint density at radius 3 is 2.75 bits per heavy atom. The average molecular weight is 292 g/mol. The Hall–Kier alpha value is -1.46. The molecule has 0 aliphatic rings. The van der Waals surface area contributed by atoms with E-state index in [9.17, 15) is 9.90 Å². The van der Waals surface area contributed by atoms with Crippen LogP contribution in [0.1, 0.15) is 20.8 Å². The van der Waals surface area contributed by atoms with Crippen LogP contribution >= 0.6 is 11.8 Å². The number of carbonyl (C=O) groups is 1. The van der Waals surface area contributed by atoms with Crippen molar-refractivity contribution < 1.29 is 9.90 Å². The first kappa shape index (κ1) is 14.9. The third-order valence-electron chi connectivity index (χ3n) is 3.10. The highest BCUT2D eigenvalue weighted by Gasteiger charge is 2.33. The van der Waals surface area contributed by atoms with Crippen LogP contribution in [0.15, 0.2) is 35.4 Å². The number of H-pyrrole nitrogens is 1. The lowest BCUT2D eigenvalue weighted by Crippen LogP contribution is -2.54. The second-order valence-electron chi connectivity index (χ2n) is 5.45. The van der Waals surface area contributed by atoms with Gasteiger partial charge in [0.1, 0.15) is 5.54 Å². The maximum absolute atomic E-state index is 11.5. The van der Waals surface area contributed by atoms with Gasteiger partial charge in [-0.15, -0.1) is 11.8 Å². The highest BCUT2D eigenvalue weighted by molar-refractivity contribution is 7.99. The molecule has 2 rings (SSSR count). The zero-order valence-corrected chi connectivity index (χ0v) is 12.8. The third-order valence-corrected chi connectivity index (χ3v) is 4.35. The lowest BCUT2D eigenvalue weighted by atomic mass is 10.1. The fourth-order valence-electron chi connectivity index (χ4n) is 2.15. The second kappa shape index (κ2) is 5.89.